The molecule has 2 amide bonds. The molecule has 2 N–H and O–H groups in total. The van der Waals surface area contributed by atoms with Crippen LogP contribution in [0.15, 0.2) is 72.8 Å². The predicted octanol–water partition coefficient (Wildman–Crippen LogP) is 7.07. The second-order valence-corrected chi connectivity index (χ2v) is 14.1. The van der Waals surface area contributed by atoms with E-state index in [2.05, 4.69) is 17.1 Å². The molecule has 0 aliphatic carbocycles. The lowest BCUT2D eigenvalue weighted by molar-refractivity contribution is -0.276. The summed E-state index contributed by atoms with van der Waals surface area (Å²) in [5, 5.41) is 12.3. The SMILES string of the molecule is C[C@H]1[C@@H](CN2CCCCCCC2)O[C@@H](c2ccc(-c3cccc(CNC(=O)[C@@H]4CCCN4C(=O)C(F)(F)F)c3)cc2)O[C@H]1c1ccc(CO)cc1. The van der Waals surface area contributed by atoms with E-state index in [1.165, 1.54) is 32.1 Å². The summed E-state index contributed by atoms with van der Waals surface area (Å²) in [7, 11) is 0. The first kappa shape index (κ1) is 37.0. The molecule has 0 radical (unpaired) electrons. The molecule has 51 heavy (non-hydrogen) atoms. The van der Waals surface area contributed by atoms with Crippen LogP contribution in [0.5, 0.6) is 0 Å². The summed E-state index contributed by atoms with van der Waals surface area (Å²) in [5.41, 5.74) is 5.46. The average molecular weight is 708 g/mol. The van der Waals surface area contributed by atoms with Crippen LogP contribution in [0.4, 0.5) is 13.2 Å². The van der Waals surface area contributed by atoms with Gasteiger partial charge in [-0.2, -0.15) is 13.2 Å². The van der Waals surface area contributed by atoms with Crippen LogP contribution < -0.4 is 5.32 Å². The van der Waals surface area contributed by atoms with Crippen LogP contribution >= 0.6 is 0 Å². The third-order valence-corrected chi connectivity index (χ3v) is 10.5. The Hall–Kier alpha value is -3.77. The third-order valence-electron chi connectivity index (χ3n) is 10.5. The zero-order valence-corrected chi connectivity index (χ0v) is 29.1. The quantitative estimate of drug-likeness (QED) is 0.247. The van der Waals surface area contributed by atoms with Gasteiger partial charge in [0.05, 0.1) is 18.8 Å². The lowest BCUT2D eigenvalue weighted by Gasteiger charge is -2.43. The lowest BCUT2D eigenvalue weighted by atomic mass is 9.89. The summed E-state index contributed by atoms with van der Waals surface area (Å²) in [6.45, 7) is 5.20. The van der Waals surface area contributed by atoms with Gasteiger partial charge in [0, 0.05) is 31.1 Å². The highest BCUT2D eigenvalue weighted by Gasteiger charge is 2.47. The van der Waals surface area contributed by atoms with Gasteiger partial charge in [-0.05, 0) is 72.7 Å². The molecule has 3 aromatic carbocycles. The van der Waals surface area contributed by atoms with Gasteiger partial charge >= 0.3 is 12.1 Å². The highest BCUT2D eigenvalue weighted by Crippen LogP contribution is 2.42. The Morgan fingerprint density at radius 2 is 1.51 bits per heavy atom. The summed E-state index contributed by atoms with van der Waals surface area (Å²) >= 11 is 0. The molecule has 11 heteroatoms. The average Bonchev–Trinajstić information content (AvgIpc) is 3.62. The van der Waals surface area contributed by atoms with E-state index in [1.807, 2.05) is 72.8 Å². The van der Waals surface area contributed by atoms with Gasteiger partial charge < -0.3 is 29.7 Å². The van der Waals surface area contributed by atoms with Crippen LogP contribution in [-0.4, -0.2) is 71.2 Å². The molecule has 3 saturated heterocycles. The highest BCUT2D eigenvalue weighted by atomic mass is 19.4. The number of ether oxygens (including phenoxy) is 2. The maximum absolute atomic E-state index is 13.0. The standard InChI is InChI=1S/C40H48F3N3O5/c1-27-35(25-45-20-5-3-2-4-6-21-45)50-38(51-36(27)31-14-12-28(26-47)13-15-31)32-18-16-30(17-19-32)33-10-7-9-29(23-33)24-44-37(48)34-11-8-22-46(34)39(49)40(41,42)43/h7,9-10,12-19,23,27,34-36,38,47H,2-6,8,11,20-22,24-26H2,1H3,(H,44,48)/t27-,34-,35+,36+,38+/m0/s1. The fourth-order valence-electron chi connectivity index (χ4n) is 7.52. The number of nitrogens with one attached hydrogen (secondary N) is 1. The maximum atomic E-state index is 13.0. The second-order valence-electron chi connectivity index (χ2n) is 14.1. The smallest absolute Gasteiger partial charge is 0.392 e. The number of halogens is 3. The number of hydrogen-bond acceptors (Lipinski definition) is 6. The molecule has 274 valence electrons. The van der Waals surface area contributed by atoms with E-state index in [-0.39, 0.29) is 44.2 Å². The van der Waals surface area contributed by atoms with E-state index < -0.39 is 30.3 Å². The molecule has 5 atom stereocenters. The number of aliphatic hydroxyl groups excluding tert-OH is 1. The number of carbonyl (C=O) groups excluding carboxylic acids is 2. The van der Waals surface area contributed by atoms with Crippen molar-refractivity contribution in [3.8, 4) is 11.1 Å². The van der Waals surface area contributed by atoms with Crippen molar-refractivity contribution < 1.29 is 37.3 Å². The van der Waals surface area contributed by atoms with Gasteiger partial charge in [-0.15, -0.1) is 0 Å². The summed E-state index contributed by atoms with van der Waals surface area (Å²) in [5.74, 6) is -2.45. The number of hydrogen-bond donors (Lipinski definition) is 2. The largest absolute Gasteiger partial charge is 0.471 e. The predicted molar refractivity (Wildman–Crippen MR) is 187 cm³/mol. The van der Waals surface area contributed by atoms with Crippen molar-refractivity contribution >= 4 is 11.8 Å². The molecule has 0 spiro atoms. The van der Waals surface area contributed by atoms with Crippen molar-refractivity contribution in [3.05, 3.63) is 95.1 Å². The van der Waals surface area contributed by atoms with Crippen LogP contribution in [0.2, 0.25) is 0 Å². The monoisotopic (exact) mass is 707 g/mol. The van der Waals surface area contributed by atoms with Gasteiger partial charge in [-0.1, -0.05) is 92.9 Å². The number of amides is 2. The summed E-state index contributed by atoms with van der Waals surface area (Å²) < 4.78 is 52.5. The van der Waals surface area contributed by atoms with Gasteiger partial charge in [0.2, 0.25) is 5.91 Å². The number of carbonyl (C=O) groups is 2. The van der Waals surface area contributed by atoms with Crippen molar-refractivity contribution in [2.24, 2.45) is 5.92 Å². The number of alkyl halides is 3. The van der Waals surface area contributed by atoms with E-state index in [0.29, 0.717) is 11.3 Å². The Labute approximate surface area is 297 Å². The van der Waals surface area contributed by atoms with Crippen molar-refractivity contribution in [2.45, 2.75) is 95.7 Å². The molecular weight excluding hydrogens is 659 g/mol. The molecule has 3 aliphatic rings. The van der Waals surface area contributed by atoms with Crippen LogP contribution in [0, 0.1) is 5.92 Å². The molecule has 0 aromatic heterocycles. The summed E-state index contributed by atoms with van der Waals surface area (Å²) in [6, 6.07) is 22.5. The molecular formula is C40H48F3N3O5. The fraction of sp³-hybridized carbons (Fsp3) is 0.500. The Balaban J connectivity index is 1.14. The fourth-order valence-corrected chi connectivity index (χ4v) is 7.52. The van der Waals surface area contributed by atoms with Crippen LogP contribution in [0.25, 0.3) is 11.1 Å². The first-order chi connectivity index (χ1) is 24.6. The zero-order valence-electron chi connectivity index (χ0n) is 29.1. The molecule has 3 heterocycles. The van der Waals surface area contributed by atoms with Gasteiger partial charge in [-0.3, -0.25) is 9.59 Å². The molecule has 0 bridgehead atoms. The van der Waals surface area contributed by atoms with E-state index in [9.17, 15) is 27.9 Å². The first-order valence-electron chi connectivity index (χ1n) is 18.2. The number of aliphatic hydroxyl groups is 1. The lowest BCUT2D eigenvalue weighted by Crippen LogP contribution is -2.50. The molecule has 6 rings (SSSR count). The van der Waals surface area contributed by atoms with Crippen molar-refractivity contribution in [2.75, 3.05) is 26.2 Å². The van der Waals surface area contributed by atoms with E-state index in [1.54, 1.807) is 0 Å². The topological polar surface area (TPSA) is 91.3 Å². The van der Waals surface area contributed by atoms with E-state index >= 15 is 0 Å². The van der Waals surface area contributed by atoms with Gasteiger partial charge in [-0.25, -0.2) is 0 Å². The minimum atomic E-state index is -5.01. The minimum absolute atomic E-state index is 0.0126. The Bertz CT molecular complexity index is 1610. The Kier molecular flexibility index (Phi) is 12.1. The maximum Gasteiger partial charge on any atom is 0.471 e. The van der Waals surface area contributed by atoms with Gasteiger partial charge in [0.25, 0.3) is 0 Å². The Morgan fingerprint density at radius 3 is 2.20 bits per heavy atom. The number of benzene rings is 3. The Morgan fingerprint density at radius 1 is 0.824 bits per heavy atom. The molecule has 3 aromatic rings. The minimum Gasteiger partial charge on any atom is -0.392 e. The molecule has 3 fully saturated rings. The van der Waals surface area contributed by atoms with Crippen molar-refractivity contribution in [1.82, 2.24) is 15.1 Å². The summed E-state index contributed by atoms with van der Waals surface area (Å²) in [6.07, 6.45) is 0.961. The van der Waals surface area contributed by atoms with E-state index in [4.69, 9.17) is 9.47 Å². The number of likely N-dealkylation sites (tertiary alicyclic amines) is 2. The molecule has 0 unspecified atom stereocenters. The zero-order chi connectivity index (χ0) is 36.0. The molecule has 3 aliphatic heterocycles. The van der Waals surface area contributed by atoms with Crippen molar-refractivity contribution in [3.63, 3.8) is 0 Å². The van der Waals surface area contributed by atoms with Gasteiger partial charge in [0.1, 0.15) is 6.04 Å². The van der Waals surface area contributed by atoms with E-state index in [0.717, 1.165) is 53.0 Å². The van der Waals surface area contributed by atoms with Crippen LogP contribution in [0.1, 0.15) is 86.5 Å². The number of rotatable bonds is 9. The molecule has 0 saturated carbocycles. The van der Waals surface area contributed by atoms with Gasteiger partial charge in [0.15, 0.2) is 6.29 Å². The summed E-state index contributed by atoms with van der Waals surface area (Å²) in [4.78, 5) is 27.8. The molecule has 8 nitrogen and oxygen atoms in total. The normalized spacial score (nSPS) is 24.9. The van der Waals surface area contributed by atoms with Crippen LogP contribution in [-0.2, 0) is 32.2 Å². The first-order valence-corrected chi connectivity index (χ1v) is 18.2. The van der Waals surface area contributed by atoms with Crippen LogP contribution in [0.3, 0.4) is 0 Å². The highest BCUT2D eigenvalue weighted by molar-refractivity contribution is 5.90. The van der Waals surface area contributed by atoms with Crippen molar-refractivity contribution in [1.29, 1.82) is 0 Å². The third kappa shape index (κ3) is 9.18. The second kappa shape index (κ2) is 16.7. The number of nitrogens with zero attached hydrogens (tertiary/aromatic N) is 2.